The van der Waals surface area contributed by atoms with Crippen molar-refractivity contribution in [1.29, 1.82) is 5.26 Å². The van der Waals surface area contributed by atoms with E-state index in [1.807, 2.05) is 0 Å². The van der Waals surface area contributed by atoms with Crippen LogP contribution in [0.15, 0.2) is 0 Å². The topological polar surface area (TPSA) is 35.8 Å². The number of nitrogens with one attached hydrogen (secondary N) is 1. The third-order valence-corrected chi connectivity index (χ3v) is 2.88. The molecule has 0 radical (unpaired) electrons. The van der Waals surface area contributed by atoms with Crippen molar-refractivity contribution in [2.45, 2.75) is 45.6 Å². The third-order valence-electron chi connectivity index (χ3n) is 2.88. The molecule has 1 saturated carbocycles. The van der Waals surface area contributed by atoms with E-state index in [4.69, 9.17) is 5.26 Å². The van der Waals surface area contributed by atoms with Gasteiger partial charge in [0.05, 0.1) is 6.07 Å². The Bertz CT molecular complexity index is 179. The number of rotatable bonds is 3. The molecule has 1 N–H and O–H groups in total. The molecular formula is C10H18N2. The van der Waals surface area contributed by atoms with Gasteiger partial charge in [-0.3, -0.25) is 0 Å². The van der Waals surface area contributed by atoms with Crippen LogP contribution in [0.4, 0.5) is 0 Å². The molecule has 1 unspecified atom stereocenters. The van der Waals surface area contributed by atoms with Crippen molar-refractivity contribution in [2.24, 2.45) is 5.41 Å². The lowest BCUT2D eigenvalue weighted by Gasteiger charge is -2.27. The summed E-state index contributed by atoms with van der Waals surface area (Å²) in [4.78, 5) is 0. The molecule has 2 nitrogen and oxygen atoms in total. The summed E-state index contributed by atoms with van der Waals surface area (Å²) in [5, 5.41) is 11.8. The van der Waals surface area contributed by atoms with Crippen LogP contribution in [-0.4, -0.2) is 12.6 Å². The van der Waals surface area contributed by atoms with Crippen LogP contribution in [0.2, 0.25) is 0 Å². The molecule has 0 bridgehead atoms. The summed E-state index contributed by atoms with van der Waals surface area (Å²) < 4.78 is 0. The van der Waals surface area contributed by atoms with E-state index in [0.29, 0.717) is 17.9 Å². The Hall–Kier alpha value is -0.550. The molecule has 1 fully saturated rings. The SMILES string of the molecule is CC1(C)CCCC1NCCC#N. The normalized spacial score (nSPS) is 26.9. The van der Waals surface area contributed by atoms with Crippen LogP contribution in [-0.2, 0) is 0 Å². The Morgan fingerprint density at radius 1 is 1.58 bits per heavy atom. The Morgan fingerprint density at radius 2 is 2.33 bits per heavy atom. The van der Waals surface area contributed by atoms with Crippen LogP contribution in [0, 0.1) is 16.7 Å². The fraction of sp³-hybridized carbons (Fsp3) is 0.900. The second-order valence-corrected chi connectivity index (χ2v) is 4.30. The van der Waals surface area contributed by atoms with Crippen molar-refractivity contribution >= 4 is 0 Å². The fourth-order valence-corrected chi connectivity index (χ4v) is 2.01. The first-order valence-corrected chi connectivity index (χ1v) is 4.77. The summed E-state index contributed by atoms with van der Waals surface area (Å²) in [7, 11) is 0. The number of hydrogen-bond donors (Lipinski definition) is 1. The molecule has 1 atom stereocenters. The third kappa shape index (κ3) is 2.22. The average molecular weight is 166 g/mol. The summed E-state index contributed by atoms with van der Waals surface area (Å²) in [5.74, 6) is 0. The molecule has 68 valence electrons. The van der Waals surface area contributed by atoms with E-state index < -0.39 is 0 Å². The van der Waals surface area contributed by atoms with Gasteiger partial charge in [-0.1, -0.05) is 20.3 Å². The van der Waals surface area contributed by atoms with Gasteiger partial charge in [0.25, 0.3) is 0 Å². The van der Waals surface area contributed by atoms with Crippen LogP contribution in [0.5, 0.6) is 0 Å². The van der Waals surface area contributed by atoms with Gasteiger partial charge in [-0.25, -0.2) is 0 Å². The minimum absolute atomic E-state index is 0.440. The molecule has 0 aromatic rings. The van der Waals surface area contributed by atoms with Crippen molar-refractivity contribution in [3.63, 3.8) is 0 Å². The molecule has 0 spiro atoms. The molecule has 2 heteroatoms. The van der Waals surface area contributed by atoms with Gasteiger partial charge >= 0.3 is 0 Å². The number of nitriles is 1. The summed E-state index contributed by atoms with van der Waals surface area (Å²) in [6.45, 7) is 5.47. The molecule has 0 aromatic carbocycles. The van der Waals surface area contributed by atoms with Crippen LogP contribution >= 0.6 is 0 Å². The molecule has 0 saturated heterocycles. The predicted molar refractivity (Wildman–Crippen MR) is 49.7 cm³/mol. The Kier molecular flexibility index (Phi) is 3.11. The maximum Gasteiger partial charge on any atom is 0.0635 e. The molecule has 1 aliphatic carbocycles. The van der Waals surface area contributed by atoms with E-state index in [-0.39, 0.29) is 0 Å². The molecule has 0 aliphatic heterocycles. The minimum atomic E-state index is 0.440. The predicted octanol–water partition coefficient (Wildman–Crippen LogP) is 2.07. The average Bonchev–Trinajstić information content (AvgIpc) is 2.32. The van der Waals surface area contributed by atoms with Crippen LogP contribution in [0.25, 0.3) is 0 Å². The molecule has 0 amide bonds. The summed E-state index contributed by atoms with van der Waals surface area (Å²) in [6.07, 6.45) is 4.56. The Balaban J connectivity index is 2.28. The summed E-state index contributed by atoms with van der Waals surface area (Å²) >= 11 is 0. The van der Waals surface area contributed by atoms with Crippen molar-refractivity contribution < 1.29 is 0 Å². The molecule has 1 rings (SSSR count). The Labute approximate surface area is 75.0 Å². The number of hydrogen-bond acceptors (Lipinski definition) is 2. The highest BCUT2D eigenvalue weighted by atomic mass is 14.9. The van der Waals surface area contributed by atoms with Crippen molar-refractivity contribution in [1.82, 2.24) is 5.32 Å². The monoisotopic (exact) mass is 166 g/mol. The largest absolute Gasteiger partial charge is 0.312 e. The number of nitrogens with zero attached hydrogens (tertiary/aromatic N) is 1. The van der Waals surface area contributed by atoms with Crippen molar-refractivity contribution in [3.05, 3.63) is 0 Å². The van der Waals surface area contributed by atoms with Crippen molar-refractivity contribution in [3.8, 4) is 6.07 Å². The second-order valence-electron chi connectivity index (χ2n) is 4.30. The van der Waals surface area contributed by atoms with Crippen molar-refractivity contribution in [2.75, 3.05) is 6.54 Å². The quantitative estimate of drug-likeness (QED) is 0.651. The molecule has 12 heavy (non-hydrogen) atoms. The molecule has 0 aromatic heterocycles. The molecular weight excluding hydrogens is 148 g/mol. The van der Waals surface area contributed by atoms with Crippen LogP contribution in [0.1, 0.15) is 39.5 Å². The fourth-order valence-electron chi connectivity index (χ4n) is 2.01. The van der Waals surface area contributed by atoms with E-state index in [1.54, 1.807) is 0 Å². The minimum Gasteiger partial charge on any atom is -0.312 e. The van der Waals surface area contributed by atoms with Gasteiger partial charge in [-0.05, 0) is 18.3 Å². The zero-order valence-corrected chi connectivity index (χ0v) is 8.06. The van der Waals surface area contributed by atoms with Gasteiger partial charge in [-0.2, -0.15) is 5.26 Å². The van der Waals surface area contributed by atoms with Gasteiger partial charge in [0.15, 0.2) is 0 Å². The van der Waals surface area contributed by atoms with E-state index in [1.165, 1.54) is 19.3 Å². The van der Waals surface area contributed by atoms with Gasteiger partial charge in [0.1, 0.15) is 0 Å². The van der Waals surface area contributed by atoms with E-state index in [2.05, 4.69) is 25.2 Å². The standard InChI is InChI=1S/C10H18N2/c1-10(2)6-3-5-9(10)12-8-4-7-11/h9,12H,3-6,8H2,1-2H3. The Morgan fingerprint density at radius 3 is 2.83 bits per heavy atom. The highest BCUT2D eigenvalue weighted by molar-refractivity contribution is 4.90. The smallest absolute Gasteiger partial charge is 0.0635 e. The highest BCUT2D eigenvalue weighted by Gasteiger charge is 2.33. The van der Waals surface area contributed by atoms with E-state index >= 15 is 0 Å². The van der Waals surface area contributed by atoms with Gasteiger partial charge in [0, 0.05) is 19.0 Å². The second kappa shape index (κ2) is 3.91. The van der Waals surface area contributed by atoms with Gasteiger partial charge < -0.3 is 5.32 Å². The summed E-state index contributed by atoms with van der Waals surface area (Å²) in [5.41, 5.74) is 0.440. The maximum absolute atomic E-state index is 8.38. The van der Waals surface area contributed by atoms with Crippen LogP contribution in [0.3, 0.4) is 0 Å². The highest BCUT2D eigenvalue weighted by Crippen LogP contribution is 2.36. The van der Waals surface area contributed by atoms with Crippen LogP contribution < -0.4 is 5.32 Å². The molecule has 0 heterocycles. The lowest BCUT2D eigenvalue weighted by atomic mass is 9.87. The molecule has 1 aliphatic rings. The lowest BCUT2D eigenvalue weighted by Crippen LogP contribution is -2.38. The zero-order chi connectivity index (χ0) is 9.03. The first-order chi connectivity index (χ1) is 5.67. The first-order valence-electron chi connectivity index (χ1n) is 4.77. The zero-order valence-electron chi connectivity index (χ0n) is 8.06. The van der Waals surface area contributed by atoms with Gasteiger partial charge in [-0.15, -0.1) is 0 Å². The first kappa shape index (κ1) is 9.54. The van der Waals surface area contributed by atoms with E-state index in [0.717, 1.165) is 6.54 Å². The van der Waals surface area contributed by atoms with E-state index in [9.17, 15) is 0 Å². The van der Waals surface area contributed by atoms with Gasteiger partial charge in [0.2, 0.25) is 0 Å². The summed E-state index contributed by atoms with van der Waals surface area (Å²) in [6, 6.07) is 2.79. The lowest BCUT2D eigenvalue weighted by molar-refractivity contribution is 0.286. The maximum atomic E-state index is 8.38.